The zero-order chi connectivity index (χ0) is 34.5. The maximum absolute atomic E-state index is 14.4. The summed E-state index contributed by atoms with van der Waals surface area (Å²) in [5, 5.41) is 10.9. The molecule has 2 saturated heterocycles. The first-order valence-corrected chi connectivity index (χ1v) is 19.4. The summed E-state index contributed by atoms with van der Waals surface area (Å²) in [4.78, 5) is 69.4. The first-order chi connectivity index (χ1) is 21.9. The fourth-order valence-corrected chi connectivity index (χ4v) is 11.0. The van der Waals surface area contributed by atoms with Crippen molar-refractivity contribution in [2.24, 2.45) is 22.7 Å². The van der Waals surface area contributed by atoms with Crippen molar-refractivity contribution in [3.63, 3.8) is 0 Å². The Labute approximate surface area is 279 Å². The molecule has 13 heteroatoms. The highest BCUT2D eigenvalue weighted by atomic mass is 32.2. The normalized spacial score (nSPS) is 30.0. The second-order valence-corrected chi connectivity index (χ2v) is 18.8. The van der Waals surface area contributed by atoms with Crippen LogP contribution in [0.4, 0.5) is 4.79 Å². The molecule has 264 valence electrons. The highest BCUT2D eigenvalue weighted by Gasteiger charge is 2.70. The second kappa shape index (κ2) is 13.0. The molecular weight excluding hydrogens is 622 g/mol. The van der Waals surface area contributed by atoms with Crippen LogP contribution in [0.3, 0.4) is 0 Å². The number of fused-ring (bicyclic) bond motifs is 1. The Morgan fingerprint density at radius 3 is 2.15 bits per heavy atom. The zero-order valence-corrected chi connectivity index (χ0v) is 29.8. The van der Waals surface area contributed by atoms with E-state index in [0.717, 1.165) is 32.1 Å². The summed E-state index contributed by atoms with van der Waals surface area (Å²) in [6, 6.07) is -3.43. The van der Waals surface area contributed by atoms with Gasteiger partial charge in [0.25, 0.3) is 5.91 Å². The van der Waals surface area contributed by atoms with Crippen LogP contribution >= 0.6 is 0 Å². The average Bonchev–Trinajstić information content (AvgIpc) is 3.76. The summed E-state index contributed by atoms with van der Waals surface area (Å²) >= 11 is 0. The second-order valence-electron chi connectivity index (χ2n) is 16.5. The number of Topliss-reactive ketones (excluding diaryl/α,β-unsaturated/α-hetero) is 1. The monoisotopic (exact) mass is 677 g/mol. The van der Waals surface area contributed by atoms with Crippen molar-refractivity contribution in [2.45, 2.75) is 147 Å². The smallest absolute Gasteiger partial charge is 0.315 e. The quantitative estimate of drug-likeness (QED) is 0.244. The molecule has 2 unspecified atom stereocenters. The number of likely N-dealkylation sites (tertiary alicyclic amines) is 1. The van der Waals surface area contributed by atoms with E-state index in [9.17, 15) is 32.4 Å². The fraction of sp³-hybridized carbons (Fsp3) is 0.853. The van der Waals surface area contributed by atoms with Crippen LogP contribution < -0.4 is 21.3 Å². The van der Waals surface area contributed by atoms with Gasteiger partial charge in [0.1, 0.15) is 12.1 Å². The van der Waals surface area contributed by atoms with Gasteiger partial charge >= 0.3 is 6.03 Å². The third-order valence-corrected chi connectivity index (χ3v) is 14.0. The lowest BCUT2D eigenvalue weighted by molar-refractivity contribution is -0.145. The minimum Gasteiger partial charge on any atom is -0.347 e. The van der Waals surface area contributed by atoms with Gasteiger partial charge in [0.05, 0.1) is 22.6 Å². The number of rotatable bonds is 11. The van der Waals surface area contributed by atoms with Crippen molar-refractivity contribution in [3.05, 3.63) is 0 Å². The van der Waals surface area contributed by atoms with E-state index >= 15 is 0 Å². The minimum absolute atomic E-state index is 0.00925. The molecule has 2 aliphatic heterocycles. The van der Waals surface area contributed by atoms with Gasteiger partial charge in [0, 0.05) is 12.6 Å². The molecule has 6 atom stereocenters. The molecule has 12 nitrogen and oxygen atoms in total. The van der Waals surface area contributed by atoms with E-state index in [-0.39, 0.29) is 29.0 Å². The molecule has 3 aliphatic carbocycles. The number of hydrogen-bond acceptors (Lipinski definition) is 7. The van der Waals surface area contributed by atoms with Crippen LogP contribution in [-0.4, -0.2) is 90.1 Å². The first kappa shape index (κ1) is 35.6. The Balaban J connectivity index is 1.34. The van der Waals surface area contributed by atoms with Crippen molar-refractivity contribution in [3.8, 4) is 0 Å². The van der Waals surface area contributed by atoms with Gasteiger partial charge in [-0.2, -0.15) is 0 Å². The van der Waals surface area contributed by atoms with Crippen LogP contribution in [0.15, 0.2) is 0 Å². The molecule has 3 saturated carbocycles. The predicted octanol–water partition coefficient (Wildman–Crippen LogP) is 2.60. The summed E-state index contributed by atoms with van der Waals surface area (Å²) in [6.45, 7) is 11.9. The number of nitrogens with one attached hydrogen (secondary N) is 4. The average molecular weight is 678 g/mol. The van der Waals surface area contributed by atoms with Gasteiger partial charge in [-0.15, -0.1) is 0 Å². The van der Waals surface area contributed by atoms with E-state index in [4.69, 9.17) is 0 Å². The van der Waals surface area contributed by atoms with Crippen LogP contribution in [-0.2, 0) is 29.0 Å². The fourth-order valence-electron chi connectivity index (χ4n) is 8.60. The van der Waals surface area contributed by atoms with Gasteiger partial charge in [-0.3, -0.25) is 19.2 Å². The lowest BCUT2D eigenvalue weighted by Gasteiger charge is -2.43. The molecule has 4 N–H and O–H groups in total. The Morgan fingerprint density at radius 1 is 0.936 bits per heavy atom. The minimum atomic E-state index is -3.35. The first-order valence-electron chi connectivity index (χ1n) is 17.7. The van der Waals surface area contributed by atoms with Gasteiger partial charge in [0.15, 0.2) is 9.84 Å². The summed E-state index contributed by atoms with van der Waals surface area (Å²) in [6.07, 6.45) is 7.40. The van der Waals surface area contributed by atoms with Gasteiger partial charge < -0.3 is 26.2 Å². The van der Waals surface area contributed by atoms with Crippen molar-refractivity contribution in [1.29, 1.82) is 0 Å². The zero-order valence-electron chi connectivity index (χ0n) is 28.9. The highest BCUT2D eigenvalue weighted by Crippen LogP contribution is 2.65. The van der Waals surface area contributed by atoms with Gasteiger partial charge in [0.2, 0.25) is 17.6 Å². The molecule has 0 radical (unpaired) electrons. The molecule has 0 bridgehead atoms. The number of urea groups is 1. The van der Waals surface area contributed by atoms with Crippen molar-refractivity contribution in [1.82, 2.24) is 26.2 Å². The van der Waals surface area contributed by atoms with Gasteiger partial charge in [-0.25, -0.2) is 13.2 Å². The number of ketones is 1. The Bertz CT molecular complexity index is 1380. The molecule has 5 fully saturated rings. The number of carbonyl (C=O) groups excluding carboxylic acids is 5. The molecule has 5 rings (SSSR count). The SMILES string of the molecule is CCCC(NC(=O)[C@@H]1[C@@H]2[C@H](CN1C(=O)[C@@H](NC(=O)NC1(C3CCCS3(=O)=O)CCCCC1)C(C)(C)C)C2(C)C)C(=O)C(=O)NC1CC1. The van der Waals surface area contributed by atoms with Crippen molar-refractivity contribution < 1.29 is 32.4 Å². The van der Waals surface area contributed by atoms with Crippen LogP contribution in [0.2, 0.25) is 0 Å². The molecule has 0 spiro atoms. The molecule has 0 aromatic heterocycles. The van der Waals surface area contributed by atoms with Crippen molar-refractivity contribution in [2.75, 3.05) is 12.3 Å². The molecular formula is C34H55N5O7S. The van der Waals surface area contributed by atoms with E-state index in [1.165, 1.54) is 0 Å². The summed E-state index contributed by atoms with van der Waals surface area (Å²) in [7, 11) is -3.35. The third kappa shape index (κ3) is 7.20. The Hall–Kier alpha value is -2.70. The highest BCUT2D eigenvalue weighted by molar-refractivity contribution is 7.92. The van der Waals surface area contributed by atoms with Crippen molar-refractivity contribution >= 4 is 39.4 Å². The number of sulfone groups is 1. The summed E-state index contributed by atoms with van der Waals surface area (Å²) < 4.78 is 26.1. The largest absolute Gasteiger partial charge is 0.347 e. The number of piperidine rings is 1. The van der Waals surface area contributed by atoms with E-state index in [1.807, 2.05) is 27.7 Å². The molecule has 5 aliphatic rings. The third-order valence-electron chi connectivity index (χ3n) is 11.5. The molecule has 47 heavy (non-hydrogen) atoms. The van der Waals surface area contributed by atoms with Crippen LogP contribution in [0.1, 0.15) is 112 Å². The lowest BCUT2D eigenvalue weighted by Crippen LogP contribution is -2.65. The summed E-state index contributed by atoms with van der Waals surface area (Å²) in [5.74, 6) is -2.16. The topological polar surface area (TPSA) is 171 Å². The number of hydrogen-bond donors (Lipinski definition) is 4. The Kier molecular flexibility index (Phi) is 9.82. The molecule has 2 heterocycles. The summed E-state index contributed by atoms with van der Waals surface area (Å²) in [5.41, 5.74) is -1.80. The lowest BCUT2D eigenvalue weighted by atomic mass is 9.78. The van der Waals surface area contributed by atoms with Crippen LogP contribution in [0, 0.1) is 22.7 Å². The standard InChI is InChI=1S/C34H55N5O7S/c1-7-12-22(26(40)29(42)35-20-14-15-20)36-28(41)25-24-21(33(24,5)6)19-39(25)30(43)27(32(2,3)4)37-31(44)38-34(16-9-8-10-17-34)23-13-11-18-47(23,45)46/h20-25,27H,7-19H2,1-6H3,(H,35,42)(H,36,41)(H2,37,38,44)/t21-,22?,23?,24-,25-,27+/m0/s1. The van der Waals surface area contributed by atoms with E-state index in [1.54, 1.807) is 4.90 Å². The van der Waals surface area contributed by atoms with Crippen LogP contribution in [0.5, 0.6) is 0 Å². The molecule has 0 aromatic carbocycles. The van der Waals surface area contributed by atoms with Gasteiger partial charge in [-0.05, 0) is 67.6 Å². The van der Waals surface area contributed by atoms with Crippen LogP contribution in [0.25, 0.3) is 0 Å². The number of carbonyl (C=O) groups is 5. The Morgan fingerprint density at radius 2 is 1.60 bits per heavy atom. The van der Waals surface area contributed by atoms with E-state index < -0.39 is 73.7 Å². The molecule has 5 amide bonds. The number of amides is 5. The number of nitrogens with zero attached hydrogens (tertiary/aromatic N) is 1. The maximum atomic E-state index is 14.4. The van der Waals surface area contributed by atoms with E-state index in [0.29, 0.717) is 45.1 Å². The van der Waals surface area contributed by atoms with E-state index in [2.05, 4.69) is 35.1 Å². The molecule has 0 aromatic rings. The van der Waals surface area contributed by atoms with Gasteiger partial charge in [-0.1, -0.05) is 67.2 Å². The predicted molar refractivity (Wildman–Crippen MR) is 177 cm³/mol. The maximum Gasteiger partial charge on any atom is 0.315 e.